The van der Waals surface area contributed by atoms with Crippen LogP contribution in [0.1, 0.15) is 35.2 Å². The quantitative estimate of drug-likeness (QED) is 0.407. The highest BCUT2D eigenvalue weighted by Gasteiger charge is 2.21. The predicted octanol–water partition coefficient (Wildman–Crippen LogP) is 6.40. The van der Waals surface area contributed by atoms with Crippen molar-refractivity contribution in [1.29, 1.82) is 5.26 Å². The van der Waals surface area contributed by atoms with Gasteiger partial charge >= 0.3 is 0 Å². The van der Waals surface area contributed by atoms with Crippen LogP contribution in [0.2, 0.25) is 0 Å². The number of hydrogen-bond donors (Lipinski definition) is 1. The van der Waals surface area contributed by atoms with Crippen molar-refractivity contribution in [3.8, 4) is 17.4 Å². The summed E-state index contributed by atoms with van der Waals surface area (Å²) < 4.78 is 34.7. The fraction of sp³-hybridized carbons (Fsp3) is 0.154. The number of hydrogen-bond acceptors (Lipinski definition) is 4. The molecule has 0 fully saturated rings. The first-order chi connectivity index (χ1) is 15.3. The molecular weight excluding hydrogens is 410 g/mol. The molecule has 0 saturated carbocycles. The number of nitrogens with zero attached hydrogens (tertiary/aromatic N) is 1. The van der Waals surface area contributed by atoms with Crippen LogP contribution in [0.3, 0.4) is 0 Å². The van der Waals surface area contributed by atoms with Crippen LogP contribution in [0, 0.1) is 36.8 Å². The minimum Gasteiger partial charge on any atom is -0.455 e. The van der Waals surface area contributed by atoms with Crippen LogP contribution in [0.5, 0.6) is 0 Å². The highest BCUT2D eigenvalue weighted by Crippen LogP contribution is 2.33. The lowest BCUT2D eigenvalue weighted by atomic mass is 9.98. The highest BCUT2D eigenvalue weighted by atomic mass is 19.1. The van der Waals surface area contributed by atoms with Gasteiger partial charge in [-0.15, -0.1) is 0 Å². The Balaban J connectivity index is 1.92. The van der Waals surface area contributed by atoms with Gasteiger partial charge in [-0.05, 0) is 56.7 Å². The summed E-state index contributed by atoms with van der Waals surface area (Å²) in [7, 11) is 0. The van der Waals surface area contributed by atoms with E-state index >= 15 is 0 Å². The van der Waals surface area contributed by atoms with Gasteiger partial charge in [0, 0.05) is 11.1 Å². The fourth-order valence-electron chi connectivity index (χ4n) is 3.86. The number of fused-ring (bicyclic) bond motifs is 1. The van der Waals surface area contributed by atoms with Crippen LogP contribution in [-0.4, -0.2) is 0 Å². The molecule has 6 heteroatoms. The fourth-order valence-corrected chi connectivity index (χ4v) is 3.86. The summed E-state index contributed by atoms with van der Waals surface area (Å²) in [4.78, 5) is 13.2. The number of halogens is 2. The molecule has 0 saturated heterocycles. The molecule has 0 spiro atoms. The number of nitriles is 1. The van der Waals surface area contributed by atoms with Crippen LogP contribution < -0.4 is 10.7 Å². The van der Waals surface area contributed by atoms with E-state index in [2.05, 4.69) is 5.32 Å². The molecule has 4 aromatic rings. The van der Waals surface area contributed by atoms with E-state index in [9.17, 15) is 18.8 Å². The summed E-state index contributed by atoms with van der Waals surface area (Å²) in [6.07, 6.45) is 0. The molecule has 0 radical (unpaired) electrons. The van der Waals surface area contributed by atoms with Gasteiger partial charge < -0.3 is 9.73 Å². The van der Waals surface area contributed by atoms with E-state index in [0.717, 1.165) is 5.56 Å². The molecule has 4 rings (SSSR count). The van der Waals surface area contributed by atoms with E-state index in [0.29, 0.717) is 27.8 Å². The van der Waals surface area contributed by atoms with E-state index < -0.39 is 17.7 Å². The first-order valence-corrected chi connectivity index (χ1v) is 10.1. The van der Waals surface area contributed by atoms with Gasteiger partial charge in [-0.1, -0.05) is 24.3 Å². The molecule has 1 atom stereocenters. The summed E-state index contributed by atoms with van der Waals surface area (Å²) in [6.45, 7) is 5.30. The highest BCUT2D eigenvalue weighted by molar-refractivity contribution is 5.84. The molecule has 0 bridgehead atoms. The Morgan fingerprint density at radius 1 is 1.03 bits per heavy atom. The summed E-state index contributed by atoms with van der Waals surface area (Å²) >= 11 is 0. The number of benzene rings is 3. The molecule has 1 N–H and O–H groups in total. The van der Waals surface area contributed by atoms with Crippen molar-refractivity contribution >= 4 is 16.7 Å². The van der Waals surface area contributed by atoms with E-state index in [-0.39, 0.29) is 22.3 Å². The summed E-state index contributed by atoms with van der Waals surface area (Å²) in [5.41, 5.74) is 2.31. The summed E-state index contributed by atoms with van der Waals surface area (Å²) in [6, 6.07) is 15.5. The Bertz CT molecular complexity index is 1450. The molecule has 0 aliphatic rings. The van der Waals surface area contributed by atoms with Gasteiger partial charge in [0.2, 0.25) is 0 Å². The number of rotatable bonds is 4. The Morgan fingerprint density at radius 3 is 2.47 bits per heavy atom. The maximum atomic E-state index is 14.5. The second-order valence-corrected chi connectivity index (χ2v) is 7.74. The van der Waals surface area contributed by atoms with Gasteiger partial charge in [-0.25, -0.2) is 8.78 Å². The predicted molar refractivity (Wildman–Crippen MR) is 121 cm³/mol. The van der Waals surface area contributed by atoms with Gasteiger partial charge in [-0.3, -0.25) is 4.79 Å². The number of anilines is 1. The summed E-state index contributed by atoms with van der Waals surface area (Å²) in [5.74, 6) is -0.944. The average Bonchev–Trinajstić information content (AvgIpc) is 2.77. The largest absolute Gasteiger partial charge is 0.455 e. The topological polar surface area (TPSA) is 66.0 Å². The third-order valence-electron chi connectivity index (χ3n) is 5.47. The zero-order valence-corrected chi connectivity index (χ0v) is 17.8. The average molecular weight is 430 g/mol. The maximum Gasteiger partial charge on any atom is 0.196 e. The third kappa shape index (κ3) is 3.63. The SMILES string of the molecule is Cc1cc(C(C)Nc2cccc(F)c2C#N)c2oc(-c3ccccc3F)c(C)c(=O)c2c1. The van der Waals surface area contributed by atoms with Crippen LogP contribution in [0.25, 0.3) is 22.3 Å². The molecule has 1 heterocycles. The minimum atomic E-state index is -0.622. The molecule has 32 heavy (non-hydrogen) atoms. The smallest absolute Gasteiger partial charge is 0.196 e. The van der Waals surface area contributed by atoms with Crippen molar-refractivity contribution in [2.45, 2.75) is 26.8 Å². The summed E-state index contributed by atoms with van der Waals surface area (Å²) in [5, 5.41) is 12.9. The molecule has 0 aliphatic heterocycles. The molecule has 0 amide bonds. The van der Waals surface area contributed by atoms with Crippen molar-refractivity contribution < 1.29 is 13.2 Å². The lowest BCUT2D eigenvalue weighted by Crippen LogP contribution is -2.13. The zero-order chi connectivity index (χ0) is 23.0. The Kier molecular flexibility index (Phi) is 5.50. The van der Waals surface area contributed by atoms with Crippen LogP contribution >= 0.6 is 0 Å². The van der Waals surface area contributed by atoms with Crippen molar-refractivity contribution in [3.05, 3.63) is 98.7 Å². The monoisotopic (exact) mass is 430 g/mol. The van der Waals surface area contributed by atoms with Gasteiger partial charge in [0.05, 0.1) is 22.7 Å². The molecule has 0 aliphatic carbocycles. The third-order valence-corrected chi connectivity index (χ3v) is 5.47. The van der Waals surface area contributed by atoms with Crippen molar-refractivity contribution in [3.63, 3.8) is 0 Å². The van der Waals surface area contributed by atoms with Crippen LogP contribution in [0.15, 0.2) is 63.8 Å². The lowest BCUT2D eigenvalue weighted by Gasteiger charge is -2.19. The van der Waals surface area contributed by atoms with Crippen molar-refractivity contribution in [2.75, 3.05) is 5.32 Å². The second-order valence-electron chi connectivity index (χ2n) is 7.74. The van der Waals surface area contributed by atoms with Crippen LogP contribution in [0.4, 0.5) is 14.5 Å². The molecule has 1 aromatic heterocycles. The minimum absolute atomic E-state index is 0.0966. The Hall–Kier alpha value is -3.98. The Labute approximate surface area is 183 Å². The molecule has 1 unspecified atom stereocenters. The van der Waals surface area contributed by atoms with E-state index in [1.165, 1.54) is 18.2 Å². The van der Waals surface area contributed by atoms with Gasteiger partial charge in [0.15, 0.2) is 5.43 Å². The molecule has 160 valence electrons. The maximum absolute atomic E-state index is 14.5. The van der Waals surface area contributed by atoms with Gasteiger partial charge in [-0.2, -0.15) is 5.26 Å². The molecular formula is C26H20F2N2O2. The van der Waals surface area contributed by atoms with Crippen molar-refractivity contribution in [2.24, 2.45) is 0 Å². The number of nitrogens with one attached hydrogen (secondary N) is 1. The van der Waals surface area contributed by atoms with Gasteiger partial charge in [0.1, 0.15) is 34.6 Å². The second kappa shape index (κ2) is 8.27. The van der Waals surface area contributed by atoms with E-state index in [4.69, 9.17) is 4.42 Å². The molecule has 4 nitrogen and oxygen atoms in total. The molecule has 3 aromatic carbocycles. The first-order valence-electron chi connectivity index (χ1n) is 10.1. The van der Waals surface area contributed by atoms with Crippen LogP contribution in [-0.2, 0) is 0 Å². The van der Waals surface area contributed by atoms with Crippen molar-refractivity contribution in [1.82, 2.24) is 0 Å². The van der Waals surface area contributed by atoms with E-state index in [1.807, 2.05) is 26.0 Å². The normalized spacial score (nSPS) is 11.9. The first kappa shape index (κ1) is 21.3. The van der Waals surface area contributed by atoms with E-state index in [1.54, 1.807) is 37.3 Å². The standard InChI is InChI=1S/C26H20F2N2O2/c1-14-11-18(16(3)30-23-10-6-9-22(28)20(23)13-29)26-19(12-14)24(31)15(2)25(32-26)17-7-4-5-8-21(17)27/h4-12,16,30H,1-3H3. The van der Waals surface area contributed by atoms with Gasteiger partial charge in [0.25, 0.3) is 0 Å². The Morgan fingerprint density at radius 2 is 1.75 bits per heavy atom. The zero-order valence-electron chi connectivity index (χ0n) is 17.8. The number of aryl methyl sites for hydroxylation is 1. The lowest BCUT2D eigenvalue weighted by molar-refractivity contribution is 0.586.